The number of rotatable bonds is 6. The highest BCUT2D eigenvalue weighted by molar-refractivity contribution is 6.30. The highest BCUT2D eigenvalue weighted by atomic mass is 35.5. The summed E-state index contributed by atoms with van der Waals surface area (Å²) in [5.74, 6) is 0.729. The summed E-state index contributed by atoms with van der Waals surface area (Å²) in [7, 11) is 0. The van der Waals surface area contributed by atoms with Gasteiger partial charge in [0.15, 0.2) is 0 Å². The predicted molar refractivity (Wildman–Crippen MR) is 103 cm³/mol. The lowest BCUT2D eigenvalue weighted by molar-refractivity contribution is 0.0663. The van der Waals surface area contributed by atoms with Crippen LogP contribution >= 0.6 is 11.6 Å². The molecule has 25 heavy (non-hydrogen) atoms. The number of piperazine rings is 1. The number of ether oxygens (including phenoxy) is 1. The van der Waals surface area contributed by atoms with Gasteiger partial charge in [-0.05, 0) is 43.3 Å². The maximum atomic E-state index is 10.2. The molecule has 1 N–H and O–H groups in total. The van der Waals surface area contributed by atoms with Crippen molar-refractivity contribution in [3.8, 4) is 5.75 Å². The minimum atomic E-state index is -0.499. The average molecular weight is 361 g/mol. The normalized spacial score (nSPS) is 16.7. The standard InChI is InChI=1S/C20H25ClN2O2/c1-16-2-6-18(7-3-16)23-12-10-22(11-13-23)14-19(24)15-25-20-8-4-17(21)5-9-20/h2-9,19,24H,10-15H2,1H3/t19-/m1/s1. The molecule has 0 radical (unpaired) electrons. The Labute approximate surface area is 154 Å². The van der Waals surface area contributed by atoms with Crippen LogP contribution < -0.4 is 9.64 Å². The SMILES string of the molecule is Cc1ccc(N2CCN(C[C@@H](O)COc3ccc(Cl)cc3)CC2)cc1. The van der Waals surface area contributed by atoms with Crippen molar-refractivity contribution < 1.29 is 9.84 Å². The second-order valence-electron chi connectivity index (χ2n) is 6.54. The fourth-order valence-electron chi connectivity index (χ4n) is 3.02. The van der Waals surface area contributed by atoms with Crippen LogP contribution in [0.1, 0.15) is 5.56 Å². The predicted octanol–water partition coefficient (Wildman–Crippen LogP) is 3.21. The zero-order chi connectivity index (χ0) is 17.6. The van der Waals surface area contributed by atoms with Gasteiger partial charge in [0.1, 0.15) is 18.5 Å². The van der Waals surface area contributed by atoms with Gasteiger partial charge in [-0.25, -0.2) is 0 Å². The molecule has 5 heteroatoms. The second-order valence-corrected chi connectivity index (χ2v) is 6.98. The second kappa shape index (κ2) is 8.56. The molecule has 3 rings (SSSR count). The molecule has 0 bridgehead atoms. The van der Waals surface area contributed by atoms with Crippen LogP contribution in [0.4, 0.5) is 5.69 Å². The molecular formula is C20H25ClN2O2. The van der Waals surface area contributed by atoms with E-state index < -0.39 is 6.10 Å². The van der Waals surface area contributed by atoms with E-state index in [2.05, 4.69) is 41.0 Å². The molecule has 0 aromatic heterocycles. The lowest BCUT2D eigenvalue weighted by atomic mass is 10.2. The van der Waals surface area contributed by atoms with Gasteiger partial charge in [0.25, 0.3) is 0 Å². The van der Waals surface area contributed by atoms with E-state index in [0.717, 1.165) is 31.9 Å². The summed E-state index contributed by atoms with van der Waals surface area (Å²) >= 11 is 5.85. The van der Waals surface area contributed by atoms with E-state index in [-0.39, 0.29) is 0 Å². The first kappa shape index (κ1) is 18.1. The molecule has 1 atom stereocenters. The van der Waals surface area contributed by atoms with Gasteiger partial charge in [-0.15, -0.1) is 0 Å². The number of hydrogen-bond donors (Lipinski definition) is 1. The van der Waals surface area contributed by atoms with Crippen LogP contribution in [-0.2, 0) is 0 Å². The van der Waals surface area contributed by atoms with Crippen LogP contribution in [0, 0.1) is 6.92 Å². The number of halogens is 1. The van der Waals surface area contributed by atoms with Crippen LogP contribution in [0.25, 0.3) is 0 Å². The summed E-state index contributed by atoms with van der Waals surface area (Å²) in [5, 5.41) is 10.9. The first-order valence-electron chi connectivity index (χ1n) is 8.70. The Kier molecular flexibility index (Phi) is 6.19. The number of hydrogen-bond acceptors (Lipinski definition) is 4. The van der Waals surface area contributed by atoms with Crippen molar-refractivity contribution in [1.29, 1.82) is 0 Å². The summed E-state index contributed by atoms with van der Waals surface area (Å²) < 4.78 is 5.62. The van der Waals surface area contributed by atoms with E-state index in [0.29, 0.717) is 18.2 Å². The minimum absolute atomic E-state index is 0.291. The fraction of sp³-hybridized carbons (Fsp3) is 0.400. The molecule has 0 spiro atoms. The van der Waals surface area contributed by atoms with Crippen LogP contribution in [0.2, 0.25) is 5.02 Å². The first-order chi connectivity index (χ1) is 12.1. The van der Waals surface area contributed by atoms with E-state index in [1.807, 2.05) is 12.1 Å². The molecule has 1 aliphatic heterocycles. The Hall–Kier alpha value is -1.75. The third-order valence-electron chi connectivity index (χ3n) is 4.50. The minimum Gasteiger partial charge on any atom is -0.491 e. The third kappa shape index (κ3) is 5.36. The quantitative estimate of drug-likeness (QED) is 0.858. The zero-order valence-corrected chi connectivity index (χ0v) is 15.3. The van der Waals surface area contributed by atoms with Gasteiger partial charge in [0.2, 0.25) is 0 Å². The highest BCUT2D eigenvalue weighted by Gasteiger charge is 2.19. The molecule has 4 nitrogen and oxygen atoms in total. The van der Waals surface area contributed by atoms with Crippen LogP contribution in [0.15, 0.2) is 48.5 Å². The van der Waals surface area contributed by atoms with Crippen molar-refractivity contribution in [3.05, 3.63) is 59.1 Å². The van der Waals surface area contributed by atoms with E-state index in [1.165, 1.54) is 11.3 Å². The van der Waals surface area contributed by atoms with Crippen molar-refractivity contribution in [1.82, 2.24) is 4.90 Å². The number of aryl methyl sites for hydroxylation is 1. The average Bonchev–Trinajstić information content (AvgIpc) is 2.63. The number of anilines is 1. The van der Waals surface area contributed by atoms with Gasteiger partial charge in [-0.2, -0.15) is 0 Å². The van der Waals surface area contributed by atoms with Crippen molar-refractivity contribution in [3.63, 3.8) is 0 Å². The van der Waals surface area contributed by atoms with Crippen LogP contribution in [-0.4, -0.2) is 55.4 Å². The Morgan fingerprint density at radius 1 is 1.00 bits per heavy atom. The molecule has 2 aromatic carbocycles. The van der Waals surface area contributed by atoms with Crippen LogP contribution in [0.5, 0.6) is 5.75 Å². The zero-order valence-electron chi connectivity index (χ0n) is 14.6. The monoisotopic (exact) mass is 360 g/mol. The highest BCUT2D eigenvalue weighted by Crippen LogP contribution is 2.18. The molecule has 1 aliphatic rings. The van der Waals surface area contributed by atoms with Gasteiger partial charge < -0.3 is 14.7 Å². The van der Waals surface area contributed by atoms with E-state index in [1.54, 1.807) is 12.1 Å². The molecule has 2 aromatic rings. The summed E-state index contributed by atoms with van der Waals surface area (Å²) in [6, 6.07) is 15.9. The smallest absolute Gasteiger partial charge is 0.119 e. The van der Waals surface area contributed by atoms with Gasteiger partial charge in [0, 0.05) is 43.4 Å². The molecule has 0 unspecified atom stereocenters. The first-order valence-corrected chi connectivity index (χ1v) is 9.08. The fourth-order valence-corrected chi connectivity index (χ4v) is 3.14. The van der Waals surface area contributed by atoms with Crippen molar-refractivity contribution in [2.45, 2.75) is 13.0 Å². The van der Waals surface area contributed by atoms with Crippen molar-refractivity contribution in [2.75, 3.05) is 44.2 Å². The topological polar surface area (TPSA) is 35.9 Å². The van der Waals surface area contributed by atoms with Crippen molar-refractivity contribution in [2.24, 2.45) is 0 Å². The largest absolute Gasteiger partial charge is 0.491 e. The number of aliphatic hydroxyl groups excluding tert-OH is 1. The summed E-state index contributed by atoms with van der Waals surface area (Å²) in [5.41, 5.74) is 2.56. The van der Waals surface area contributed by atoms with E-state index >= 15 is 0 Å². The summed E-state index contributed by atoms with van der Waals surface area (Å²) in [6.45, 7) is 6.89. The lowest BCUT2D eigenvalue weighted by Gasteiger charge is -2.36. The molecule has 0 saturated carbocycles. The molecule has 0 aliphatic carbocycles. The summed E-state index contributed by atoms with van der Waals surface area (Å²) in [4.78, 5) is 4.69. The molecule has 1 saturated heterocycles. The molecule has 1 heterocycles. The number of aliphatic hydroxyl groups is 1. The van der Waals surface area contributed by atoms with Crippen LogP contribution in [0.3, 0.4) is 0 Å². The Balaban J connectivity index is 1.40. The van der Waals surface area contributed by atoms with Gasteiger partial charge in [0.05, 0.1) is 0 Å². The van der Waals surface area contributed by atoms with Gasteiger partial charge >= 0.3 is 0 Å². The molecule has 0 amide bonds. The molecule has 134 valence electrons. The Bertz CT molecular complexity index is 652. The molecular weight excluding hydrogens is 336 g/mol. The van der Waals surface area contributed by atoms with E-state index in [4.69, 9.17) is 16.3 Å². The van der Waals surface area contributed by atoms with Crippen molar-refractivity contribution >= 4 is 17.3 Å². The number of nitrogens with zero attached hydrogens (tertiary/aromatic N) is 2. The summed E-state index contributed by atoms with van der Waals surface area (Å²) in [6.07, 6.45) is -0.499. The Morgan fingerprint density at radius 2 is 1.64 bits per heavy atom. The van der Waals surface area contributed by atoms with Gasteiger partial charge in [-0.1, -0.05) is 29.3 Å². The van der Waals surface area contributed by atoms with E-state index in [9.17, 15) is 5.11 Å². The molecule has 1 fully saturated rings. The third-order valence-corrected chi connectivity index (χ3v) is 4.75. The lowest BCUT2D eigenvalue weighted by Crippen LogP contribution is -2.49. The number of benzene rings is 2. The number of β-amino-alcohol motifs (C(OH)–C–C–N with tert-alkyl or cyclic N) is 1. The van der Waals surface area contributed by atoms with Gasteiger partial charge in [-0.3, -0.25) is 4.90 Å². The Morgan fingerprint density at radius 3 is 2.28 bits per heavy atom. The maximum absolute atomic E-state index is 10.2. The maximum Gasteiger partial charge on any atom is 0.119 e.